The van der Waals surface area contributed by atoms with Crippen molar-refractivity contribution in [3.8, 4) is 0 Å². The van der Waals surface area contributed by atoms with Crippen molar-refractivity contribution in [1.29, 1.82) is 0 Å². The van der Waals surface area contributed by atoms with E-state index in [0.29, 0.717) is 11.5 Å². The average molecular weight is 267 g/mol. The van der Waals surface area contributed by atoms with Gasteiger partial charge in [-0.2, -0.15) is 5.10 Å². The molecule has 2 rings (SSSR count). The fourth-order valence-corrected chi connectivity index (χ4v) is 2.94. The first-order chi connectivity index (χ1) is 8.93. The molecule has 106 valence electrons. The molecule has 1 aliphatic rings. The molecule has 0 amide bonds. The summed E-state index contributed by atoms with van der Waals surface area (Å²) in [6.45, 7) is 4.43. The first-order valence-electron chi connectivity index (χ1n) is 6.63. The first kappa shape index (κ1) is 13.8. The molecule has 0 radical (unpaired) electrons. The second kappa shape index (κ2) is 5.16. The summed E-state index contributed by atoms with van der Waals surface area (Å²) in [4.78, 5) is 13.0. The van der Waals surface area contributed by atoms with Crippen molar-refractivity contribution in [1.82, 2.24) is 9.78 Å². The van der Waals surface area contributed by atoms with E-state index in [1.54, 1.807) is 18.7 Å². The summed E-state index contributed by atoms with van der Waals surface area (Å²) in [5.74, 6) is 0.588. The number of nitro groups is 1. The third-order valence-corrected chi connectivity index (χ3v) is 3.77. The second-order valence-corrected chi connectivity index (χ2v) is 5.25. The van der Waals surface area contributed by atoms with Gasteiger partial charge in [0.1, 0.15) is 5.69 Å². The summed E-state index contributed by atoms with van der Waals surface area (Å²) >= 11 is 0. The monoisotopic (exact) mass is 267 g/mol. The number of aromatic nitrogens is 2. The lowest BCUT2D eigenvalue weighted by Gasteiger charge is -2.38. The van der Waals surface area contributed by atoms with E-state index in [0.717, 1.165) is 25.8 Å². The highest BCUT2D eigenvalue weighted by molar-refractivity contribution is 5.62. The van der Waals surface area contributed by atoms with Gasteiger partial charge in [-0.3, -0.25) is 10.1 Å². The van der Waals surface area contributed by atoms with Crippen molar-refractivity contribution < 1.29 is 4.92 Å². The molecule has 0 aromatic carbocycles. The third kappa shape index (κ3) is 2.42. The zero-order chi connectivity index (χ0) is 14.2. The Morgan fingerprint density at radius 2 is 2.21 bits per heavy atom. The molecule has 7 nitrogen and oxygen atoms in total. The SMILES string of the molecule is Cc1nn(C)c(N2CCCCC2C(C)N)c1[N+](=O)[O-]. The number of rotatable bonds is 3. The van der Waals surface area contributed by atoms with Crippen LogP contribution in [0.1, 0.15) is 31.9 Å². The maximum Gasteiger partial charge on any atom is 0.333 e. The van der Waals surface area contributed by atoms with Gasteiger partial charge in [-0.15, -0.1) is 0 Å². The predicted molar refractivity (Wildman–Crippen MR) is 73.2 cm³/mol. The third-order valence-electron chi connectivity index (χ3n) is 3.77. The number of aryl methyl sites for hydroxylation is 2. The molecule has 1 aromatic rings. The van der Waals surface area contributed by atoms with E-state index >= 15 is 0 Å². The van der Waals surface area contributed by atoms with E-state index in [1.807, 2.05) is 6.92 Å². The van der Waals surface area contributed by atoms with Gasteiger partial charge in [0.2, 0.25) is 5.82 Å². The average Bonchev–Trinajstić information content (AvgIpc) is 2.64. The molecule has 0 bridgehead atoms. The molecule has 0 spiro atoms. The van der Waals surface area contributed by atoms with Crippen LogP contribution >= 0.6 is 0 Å². The van der Waals surface area contributed by atoms with E-state index in [2.05, 4.69) is 10.00 Å². The Morgan fingerprint density at radius 1 is 1.53 bits per heavy atom. The molecule has 2 heterocycles. The largest absolute Gasteiger partial charge is 0.347 e. The quantitative estimate of drug-likeness (QED) is 0.659. The second-order valence-electron chi connectivity index (χ2n) is 5.25. The van der Waals surface area contributed by atoms with Crippen LogP contribution in [0.15, 0.2) is 0 Å². The van der Waals surface area contributed by atoms with E-state index in [4.69, 9.17) is 5.73 Å². The first-order valence-corrected chi connectivity index (χ1v) is 6.63. The Hall–Kier alpha value is -1.63. The molecule has 19 heavy (non-hydrogen) atoms. The molecule has 0 aliphatic carbocycles. The van der Waals surface area contributed by atoms with Crippen molar-refractivity contribution in [2.45, 2.75) is 45.2 Å². The van der Waals surface area contributed by atoms with Crippen LogP contribution in [0.4, 0.5) is 11.5 Å². The summed E-state index contributed by atoms with van der Waals surface area (Å²) in [5, 5.41) is 15.5. The summed E-state index contributed by atoms with van der Waals surface area (Å²) in [6.07, 6.45) is 3.12. The lowest BCUT2D eigenvalue weighted by molar-refractivity contribution is -0.384. The van der Waals surface area contributed by atoms with Gasteiger partial charge in [0.05, 0.1) is 4.92 Å². The maximum atomic E-state index is 11.3. The highest BCUT2D eigenvalue weighted by atomic mass is 16.6. The normalized spacial score (nSPS) is 21.5. The van der Waals surface area contributed by atoms with E-state index < -0.39 is 0 Å². The zero-order valence-electron chi connectivity index (χ0n) is 11.7. The van der Waals surface area contributed by atoms with Crippen LogP contribution in [0.5, 0.6) is 0 Å². The van der Waals surface area contributed by atoms with Crippen molar-refractivity contribution in [3.05, 3.63) is 15.8 Å². The van der Waals surface area contributed by atoms with Crippen molar-refractivity contribution >= 4 is 11.5 Å². The van der Waals surface area contributed by atoms with Crippen LogP contribution in [0.25, 0.3) is 0 Å². The fourth-order valence-electron chi connectivity index (χ4n) is 2.94. The van der Waals surface area contributed by atoms with Crippen LogP contribution < -0.4 is 10.6 Å². The lowest BCUT2D eigenvalue weighted by Crippen LogP contribution is -2.50. The van der Waals surface area contributed by atoms with Gasteiger partial charge in [-0.1, -0.05) is 0 Å². The maximum absolute atomic E-state index is 11.3. The Bertz CT molecular complexity index is 483. The molecule has 1 saturated heterocycles. The highest BCUT2D eigenvalue weighted by Crippen LogP contribution is 2.35. The van der Waals surface area contributed by atoms with Gasteiger partial charge in [-0.05, 0) is 33.1 Å². The van der Waals surface area contributed by atoms with Gasteiger partial charge in [0, 0.05) is 25.7 Å². The number of piperidine rings is 1. The molecule has 0 saturated carbocycles. The number of nitrogens with zero attached hydrogens (tertiary/aromatic N) is 4. The van der Waals surface area contributed by atoms with Crippen LogP contribution in [-0.4, -0.2) is 33.3 Å². The van der Waals surface area contributed by atoms with E-state index in [9.17, 15) is 10.1 Å². The Labute approximate surface area is 112 Å². The van der Waals surface area contributed by atoms with Crippen molar-refractivity contribution in [3.63, 3.8) is 0 Å². The molecule has 1 aromatic heterocycles. The Morgan fingerprint density at radius 3 is 2.79 bits per heavy atom. The molecule has 2 atom stereocenters. The molecule has 7 heteroatoms. The van der Waals surface area contributed by atoms with Gasteiger partial charge in [0.15, 0.2) is 0 Å². The molecule has 1 aliphatic heterocycles. The Balaban J connectivity index is 2.47. The summed E-state index contributed by atoms with van der Waals surface area (Å²) < 4.78 is 1.61. The standard InChI is InChI=1S/C12H21N5O2/c1-8(13)10-6-4-5-7-16(10)12-11(17(18)19)9(2)14-15(12)3/h8,10H,4-7,13H2,1-3H3. The lowest BCUT2D eigenvalue weighted by atomic mass is 9.97. The van der Waals surface area contributed by atoms with Crippen molar-refractivity contribution in [2.24, 2.45) is 12.8 Å². The smallest absolute Gasteiger partial charge is 0.333 e. The van der Waals surface area contributed by atoms with Crippen molar-refractivity contribution in [2.75, 3.05) is 11.4 Å². The van der Waals surface area contributed by atoms with Gasteiger partial charge in [0.25, 0.3) is 0 Å². The molecular formula is C12H21N5O2. The predicted octanol–water partition coefficient (Wildman–Crippen LogP) is 1.34. The number of nitrogens with two attached hydrogens (primary N) is 1. The highest BCUT2D eigenvalue weighted by Gasteiger charge is 2.34. The van der Waals surface area contributed by atoms with Gasteiger partial charge in [-0.25, -0.2) is 4.68 Å². The summed E-state index contributed by atoms with van der Waals surface area (Å²) in [7, 11) is 1.75. The molecule has 1 fully saturated rings. The number of hydrogen-bond acceptors (Lipinski definition) is 5. The number of hydrogen-bond donors (Lipinski definition) is 1. The van der Waals surface area contributed by atoms with Gasteiger partial charge >= 0.3 is 5.69 Å². The van der Waals surface area contributed by atoms with Crippen LogP contribution in [0, 0.1) is 17.0 Å². The number of anilines is 1. The summed E-state index contributed by atoms with van der Waals surface area (Å²) in [5.41, 5.74) is 6.60. The minimum absolute atomic E-state index is 0.0184. The zero-order valence-corrected chi connectivity index (χ0v) is 11.7. The molecule has 2 N–H and O–H groups in total. The van der Waals surface area contributed by atoms with E-state index in [1.165, 1.54) is 0 Å². The molecular weight excluding hydrogens is 246 g/mol. The molecule has 2 unspecified atom stereocenters. The minimum Gasteiger partial charge on any atom is -0.347 e. The minimum atomic E-state index is -0.343. The van der Waals surface area contributed by atoms with E-state index in [-0.39, 0.29) is 22.7 Å². The summed E-state index contributed by atoms with van der Waals surface area (Å²) in [6, 6.07) is 0.123. The van der Waals surface area contributed by atoms with Gasteiger partial charge < -0.3 is 10.6 Å². The fraction of sp³-hybridized carbons (Fsp3) is 0.750. The Kier molecular flexibility index (Phi) is 3.75. The van der Waals surface area contributed by atoms with Crippen LogP contribution in [0.2, 0.25) is 0 Å². The topological polar surface area (TPSA) is 90.2 Å². The van der Waals surface area contributed by atoms with Crippen LogP contribution in [-0.2, 0) is 7.05 Å². The van der Waals surface area contributed by atoms with Crippen LogP contribution in [0.3, 0.4) is 0 Å².